The van der Waals surface area contributed by atoms with E-state index in [9.17, 15) is 0 Å². The summed E-state index contributed by atoms with van der Waals surface area (Å²) in [6.45, 7) is 6.94. The van der Waals surface area contributed by atoms with Crippen molar-refractivity contribution in [1.29, 1.82) is 0 Å². The van der Waals surface area contributed by atoms with Gasteiger partial charge in [0.25, 0.3) is 0 Å². The molecule has 1 unspecified atom stereocenters. The van der Waals surface area contributed by atoms with Crippen molar-refractivity contribution in [2.24, 2.45) is 0 Å². The molecule has 3 nitrogen and oxygen atoms in total. The average Bonchev–Trinajstić information content (AvgIpc) is 2.40. The van der Waals surface area contributed by atoms with Gasteiger partial charge in [-0.1, -0.05) is 0 Å². The van der Waals surface area contributed by atoms with E-state index >= 15 is 0 Å². The SMILES string of the molecule is CNC1(C)CCN(C(C)c2ccncc2)CC1. The molecule has 94 valence electrons. The molecule has 1 aromatic rings. The number of nitrogens with zero attached hydrogens (tertiary/aromatic N) is 2. The first-order valence-electron chi connectivity index (χ1n) is 6.47. The first-order chi connectivity index (χ1) is 8.14. The van der Waals surface area contributed by atoms with E-state index in [0.29, 0.717) is 11.6 Å². The lowest BCUT2D eigenvalue weighted by molar-refractivity contribution is 0.117. The van der Waals surface area contributed by atoms with Gasteiger partial charge in [-0.05, 0) is 51.4 Å². The average molecular weight is 233 g/mol. The Balaban J connectivity index is 1.97. The van der Waals surface area contributed by atoms with Crippen molar-refractivity contribution in [2.75, 3.05) is 20.1 Å². The summed E-state index contributed by atoms with van der Waals surface area (Å²) < 4.78 is 0. The number of pyridine rings is 1. The number of hydrogen-bond acceptors (Lipinski definition) is 3. The molecule has 1 aliphatic heterocycles. The van der Waals surface area contributed by atoms with E-state index in [0.717, 1.165) is 0 Å². The van der Waals surface area contributed by atoms with Crippen LogP contribution in [0.4, 0.5) is 0 Å². The summed E-state index contributed by atoms with van der Waals surface area (Å²) in [5.74, 6) is 0. The second kappa shape index (κ2) is 5.15. The van der Waals surface area contributed by atoms with Crippen molar-refractivity contribution in [3.8, 4) is 0 Å². The summed E-state index contributed by atoms with van der Waals surface area (Å²) in [5.41, 5.74) is 1.70. The molecule has 1 aliphatic rings. The van der Waals surface area contributed by atoms with Gasteiger partial charge in [-0.3, -0.25) is 9.88 Å². The molecular formula is C14H23N3. The van der Waals surface area contributed by atoms with Crippen LogP contribution in [0.2, 0.25) is 0 Å². The number of hydrogen-bond donors (Lipinski definition) is 1. The largest absolute Gasteiger partial charge is 0.314 e. The van der Waals surface area contributed by atoms with Gasteiger partial charge >= 0.3 is 0 Å². The van der Waals surface area contributed by atoms with E-state index in [1.807, 2.05) is 12.4 Å². The van der Waals surface area contributed by atoms with Crippen molar-refractivity contribution in [1.82, 2.24) is 15.2 Å². The monoisotopic (exact) mass is 233 g/mol. The highest BCUT2D eigenvalue weighted by atomic mass is 15.2. The summed E-state index contributed by atoms with van der Waals surface area (Å²) in [7, 11) is 2.07. The van der Waals surface area contributed by atoms with Crippen LogP contribution in [0.15, 0.2) is 24.5 Å². The third-order valence-corrected chi connectivity index (χ3v) is 4.24. The van der Waals surface area contributed by atoms with E-state index in [1.54, 1.807) is 0 Å². The number of nitrogens with one attached hydrogen (secondary N) is 1. The van der Waals surface area contributed by atoms with Gasteiger partial charge in [0.1, 0.15) is 0 Å². The third kappa shape index (κ3) is 2.85. The summed E-state index contributed by atoms with van der Waals surface area (Å²) in [6.07, 6.45) is 6.21. The van der Waals surface area contributed by atoms with E-state index < -0.39 is 0 Å². The van der Waals surface area contributed by atoms with E-state index in [1.165, 1.54) is 31.5 Å². The van der Waals surface area contributed by atoms with Crippen LogP contribution in [0.3, 0.4) is 0 Å². The number of piperidine rings is 1. The van der Waals surface area contributed by atoms with Crippen molar-refractivity contribution >= 4 is 0 Å². The molecule has 2 heterocycles. The van der Waals surface area contributed by atoms with Gasteiger partial charge in [0.15, 0.2) is 0 Å². The Hall–Kier alpha value is -0.930. The minimum Gasteiger partial charge on any atom is -0.314 e. The molecule has 0 aromatic carbocycles. The van der Waals surface area contributed by atoms with Crippen LogP contribution in [0, 0.1) is 0 Å². The van der Waals surface area contributed by atoms with Gasteiger partial charge < -0.3 is 5.32 Å². The van der Waals surface area contributed by atoms with Gasteiger partial charge in [0, 0.05) is 37.1 Å². The molecule has 0 amide bonds. The predicted molar refractivity (Wildman–Crippen MR) is 70.9 cm³/mol. The Morgan fingerprint density at radius 3 is 2.41 bits per heavy atom. The van der Waals surface area contributed by atoms with Gasteiger partial charge in [0.05, 0.1) is 0 Å². The normalized spacial score (nSPS) is 22.3. The molecule has 0 radical (unpaired) electrons. The van der Waals surface area contributed by atoms with Gasteiger partial charge in [-0.25, -0.2) is 0 Å². The molecule has 2 rings (SSSR count). The molecule has 1 saturated heterocycles. The minimum atomic E-state index is 0.328. The smallest absolute Gasteiger partial charge is 0.0321 e. The Morgan fingerprint density at radius 2 is 1.88 bits per heavy atom. The Bertz CT molecular complexity index is 342. The summed E-state index contributed by atoms with van der Waals surface area (Å²) in [6, 6.07) is 4.74. The summed E-state index contributed by atoms with van der Waals surface area (Å²) >= 11 is 0. The molecular weight excluding hydrogens is 210 g/mol. The quantitative estimate of drug-likeness (QED) is 0.867. The van der Waals surface area contributed by atoms with E-state index in [2.05, 4.69) is 48.2 Å². The van der Waals surface area contributed by atoms with Crippen molar-refractivity contribution < 1.29 is 0 Å². The highest BCUT2D eigenvalue weighted by Crippen LogP contribution is 2.27. The Kier molecular flexibility index (Phi) is 3.79. The molecule has 1 aromatic heterocycles. The van der Waals surface area contributed by atoms with Crippen molar-refractivity contribution in [3.05, 3.63) is 30.1 Å². The van der Waals surface area contributed by atoms with Crippen LogP contribution in [0.1, 0.15) is 38.3 Å². The van der Waals surface area contributed by atoms with Crippen LogP contribution in [0.5, 0.6) is 0 Å². The van der Waals surface area contributed by atoms with Crippen LogP contribution in [-0.2, 0) is 0 Å². The summed E-state index contributed by atoms with van der Waals surface area (Å²) in [4.78, 5) is 6.64. The fourth-order valence-corrected chi connectivity index (χ4v) is 2.51. The molecule has 0 saturated carbocycles. The second-order valence-electron chi connectivity index (χ2n) is 5.30. The maximum Gasteiger partial charge on any atom is 0.0321 e. The number of rotatable bonds is 3. The Labute approximate surface area is 104 Å². The van der Waals surface area contributed by atoms with Gasteiger partial charge in [0.2, 0.25) is 0 Å². The molecule has 0 spiro atoms. The molecule has 1 atom stereocenters. The maximum absolute atomic E-state index is 4.08. The lowest BCUT2D eigenvalue weighted by Gasteiger charge is -2.41. The lowest BCUT2D eigenvalue weighted by Crippen LogP contribution is -2.50. The molecule has 3 heteroatoms. The van der Waals surface area contributed by atoms with Crippen LogP contribution >= 0.6 is 0 Å². The molecule has 0 aliphatic carbocycles. The number of aromatic nitrogens is 1. The predicted octanol–water partition coefficient (Wildman–Crippen LogP) is 2.22. The highest BCUT2D eigenvalue weighted by molar-refractivity contribution is 5.14. The lowest BCUT2D eigenvalue weighted by atomic mass is 9.89. The fraction of sp³-hybridized carbons (Fsp3) is 0.643. The number of likely N-dealkylation sites (tertiary alicyclic amines) is 1. The van der Waals surface area contributed by atoms with Gasteiger partial charge in [-0.15, -0.1) is 0 Å². The van der Waals surface area contributed by atoms with Crippen molar-refractivity contribution in [3.63, 3.8) is 0 Å². The Morgan fingerprint density at radius 1 is 1.29 bits per heavy atom. The zero-order valence-corrected chi connectivity index (χ0v) is 11.1. The zero-order chi connectivity index (χ0) is 12.3. The van der Waals surface area contributed by atoms with Gasteiger partial charge in [-0.2, -0.15) is 0 Å². The zero-order valence-electron chi connectivity index (χ0n) is 11.1. The summed E-state index contributed by atoms with van der Waals surface area (Å²) in [5, 5.41) is 3.44. The fourth-order valence-electron chi connectivity index (χ4n) is 2.51. The third-order valence-electron chi connectivity index (χ3n) is 4.24. The van der Waals surface area contributed by atoms with E-state index in [4.69, 9.17) is 0 Å². The van der Waals surface area contributed by atoms with Crippen LogP contribution in [0.25, 0.3) is 0 Å². The topological polar surface area (TPSA) is 28.2 Å². The minimum absolute atomic E-state index is 0.328. The van der Waals surface area contributed by atoms with Crippen molar-refractivity contribution in [2.45, 2.75) is 38.3 Å². The van der Waals surface area contributed by atoms with Crippen LogP contribution < -0.4 is 5.32 Å². The highest BCUT2D eigenvalue weighted by Gasteiger charge is 2.30. The maximum atomic E-state index is 4.08. The van der Waals surface area contributed by atoms with Crippen LogP contribution in [-0.4, -0.2) is 35.6 Å². The molecule has 1 N–H and O–H groups in total. The molecule has 1 fully saturated rings. The molecule has 17 heavy (non-hydrogen) atoms. The standard InChI is InChI=1S/C14H23N3/c1-12(13-4-8-16-9-5-13)17-10-6-14(2,15-3)7-11-17/h4-5,8-9,12,15H,6-7,10-11H2,1-3H3. The second-order valence-corrected chi connectivity index (χ2v) is 5.30. The van der Waals surface area contributed by atoms with E-state index in [-0.39, 0.29) is 0 Å². The first-order valence-corrected chi connectivity index (χ1v) is 6.47. The molecule has 0 bridgehead atoms. The first kappa shape index (κ1) is 12.5.